The lowest BCUT2D eigenvalue weighted by Crippen LogP contribution is -2.58. The van der Waals surface area contributed by atoms with Crippen LogP contribution in [0.15, 0.2) is 30.3 Å². The van der Waals surface area contributed by atoms with Gasteiger partial charge < -0.3 is 19.5 Å². The van der Waals surface area contributed by atoms with Crippen molar-refractivity contribution in [2.75, 3.05) is 20.1 Å². The second kappa shape index (κ2) is 6.78. The third-order valence-electron chi connectivity index (χ3n) is 8.57. The fraction of sp³-hybridized carbons (Fsp3) is 0.720. The number of nitrogens with zero attached hydrogens (tertiary/aromatic N) is 1. The number of ether oxygens (including phenoxy) is 2. The molecule has 0 radical (unpaired) electrons. The van der Waals surface area contributed by atoms with Gasteiger partial charge in [-0.15, -0.1) is 0 Å². The molecule has 30 heavy (non-hydrogen) atoms. The summed E-state index contributed by atoms with van der Waals surface area (Å²) in [6.07, 6.45) is 4.39. The number of carbonyl (C=O) groups is 1. The van der Waals surface area contributed by atoms with E-state index in [4.69, 9.17) is 9.47 Å². The van der Waals surface area contributed by atoms with E-state index in [0.717, 1.165) is 31.2 Å². The van der Waals surface area contributed by atoms with Gasteiger partial charge in [0, 0.05) is 24.9 Å². The van der Waals surface area contributed by atoms with Crippen LogP contribution in [0.25, 0.3) is 0 Å². The number of epoxide rings is 1. The Labute approximate surface area is 179 Å². The Morgan fingerprint density at radius 1 is 1.20 bits per heavy atom. The van der Waals surface area contributed by atoms with E-state index >= 15 is 0 Å². The molecule has 1 spiro atoms. The first-order chi connectivity index (χ1) is 14.2. The average molecular weight is 414 g/mol. The van der Waals surface area contributed by atoms with Gasteiger partial charge in [-0.1, -0.05) is 37.3 Å². The molecule has 164 valence electrons. The molecule has 2 aliphatic carbocycles. The van der Waals surface area contributed by atoms with Crippen molar-refractivity contribution >= 4 is 5.97 Å². The molecule has 5 heteroatoms. The number of esters is 1. The van der Waals surface area contributed by atoms with Crippen LogP contribution in [0, 0.1) is 23.7 Å². The minimum absolute atomic E-state index is 0.0585. The van der Waals surface area contributed by atoms with Crippen LogP contribution in [0.4, 0.5) is 0 Å². The maximum Gasteiger partial charge on any atom is 0.311 e. The SMILES string of the molecule is C[C@H]1CC[C@@H]2[C@@H](CN(C)C[C@@](C)(O)c3ccccc3)C(=O)O[C@@]23[C@H]1CC[C@]1(C)O[C@@H]31. The number of aliphatic hydroxyl groups is 1. The molecule has 0 bridgehead atoms. The summed E-state index contributed by atoms with van der Waals surface area (Å²) in [6, 6.07) is 9.75. The van der Waals surface area contributed by atoms with E-state index in [1.165, 1.54) is 0 Å². The number of carbonyl (C=O) groups excluding carboxylic acids is 1. The summed E-state index contributed by atoms with van der Waals surface area (Å²) in [7, 11) is 2.00. The first kappa shape index (κ1) is 20.5. The van der Waals surface area contributed by atoms with Crippen LogP contribution in [0.2, 0.25) is 0 Å². The number of hydrogen-bond acceptors (Lipinski definition) is 5. The van der Waals surface area contributed by atoms with Crippen LogP contribution in [0.1, 0.15) is 52.0 Å². The molecular formula is C25H35NO4. The lowest BCUT2D eigenvalue weighted by molar-refractivity contribution is -0.168. The molecule has 0 unspecified atom stereocenters. The van der Waals surface area contributed by atoms with Crippen molar-refractivity contribution < 1.29 is 19.4 Å². The number of rotatable bonds is 5. The number of likely N-dealkylation sites (N-methyl/N-ethyl adjacent to an activating group) is 1. The van der Waals surface area contributed by atoms with Gasteiger partial charge in [0.2, 0.25) is 0 Å². The molecule has 2 saturated carbocycles. The van der Waals surface area contributed by atoms with Gasteiger partial charge in [0.05, 0.1) is 17.1 Å². The van der Waals surface area contributed by atoms with E-state index in [0.29, 0.717) is 24.9 Å². The van der Waals surface area contributed by atoms with Crippen molar-refractivity contribution in [3.8, 4) is 0 Å². The summed E-state index contributed by atoms with van der Waals surface area (Å²) < 4.78 is 12.5. The molecule has 4 fully saturated rings. The Morgan fingerprint density at radius 3 is 2.67 bits per heavy atom. The average Bonchev–Trinajstić information content (AvgIpc) is 3.32. The van der Waals surface area contributed by atoms with Crippen molar-refractivity contribution in [3.63, 3.8) is 0 Å². The molecule has 1 aromatic carbocycles. The van der Waals surface area contributed by atoms with E-state index in [1.54, 1.807) is 0 Å². The van der Waals surface area contributed by atoms with Crippen LogP contribution in [-0.4, -0.2) is 53.4 Å². The smallest absolute Gasteiger partial charge is 0.311 e. The van der Waals surface area contributed by atoms with Crippen LogP contribution in [-0.2, 0) is 19.9 Å². The first-order valence-corrected chi connectivity index (χ1v) is 11.5. The zero-order chi connectivity index (χ0) is 21.3. The summed E-state index contributed by atoms with van der Waals surface area (Å²) in [5.41, 5.74) is -0.620. The highest BCUT2D eigenvalue weighted by Gasteiger charge is 2.77. The monoisotopic (exact) mass is 413 g/mol. The summed E-state index contributed by atoms with van der Waals surface area (Å²) in [5, 5.41) is 11.1. The van der Waals surface area contributed by atoms with Gasteiger partial charge in [-0.2, -0.15) is 0 Å². The predicted molar refractivity (Wildman–Crippen MR) is 114 cm³/mol. The lowest BCUT2D eigenvalue weighted by Gasteiger charge is -2.50. The van der Waals surface area contributed by atoms with Crippen LogP contribution in [0.5, 0.6) is 0 Å². The number of benzene rings is 1. The molecule has 1 aromatic rings. The highest BCUT2D eigenvalue weighted by atomic mass is 16.7. The molecule has 8 atom stereocenters. The van der Waals surface area contributed by atoms with Gasteiger partial charge in [-0.05, 0) is 58.1 Å². The maximum atomic E-state index is 13.2. The molecule has 2 heterocycles. The first-order valence-electron chi connectivity index (χ1n) is 11.5. The molecule has 2 saturated heterocycles. The molecule has 2 aliphatic heterocycles. The van der Waals surface area contributed by atoms with Gasteiger partial charge in [0.25, 0.3) is 0 Å². The zero-order valence-corrected chi connectivity index (χ0v) is 18.6. The summed E-state index contributed by atoms with van der Waals surface area (Å²) in [6.45, 7) is 7.42. The largest absolute Gasteiger partial charge is 0.455 e. The Morgan fingerprint density at radius 2 is 1.93 bits per heavy atom. The van der Waals surface area contributed by atoms with E-state index in [2.05, 4.69) is 18.7 Å². The van der Waals surface area contributed by atoms with Gasteiger partial charge in [-0.25, -0.2) is 0 Å². The Balaban J connectivity index is 1.35. The molecule has 0 amide bonds. The molecule has 0 aromatic heterocycles. The second-order valence-electron chi connectivity index (χ2n) is 10.8. The lowest BCUT2D eigenvalue weighted by atomic mass is 9.55. The van der Waals surface area contributed by atoms with Gasteiger partial charge in [-0.3, -0.25) is 4.79 Å². The molecule has 5 nitrogen and oxygen atoms in total. The topological polar surface area (TPSA) is 62.3 Å². The van der Waals surface area contributed by atoms with Crippen molar-refractivity contribution in [2.24, 2.45) is 23.7 Å². The Hall–Kier alpha value is -1.43. The normalized spacial score (nSPS) is 43.9. The fourth-order valence-corrected chi connectivity index (χ4v) is 7.08. The van der Waals surface area contributed by atoms with Gasteiger partial charge in [0.15, 0.2) is 0 Å². The van der Waals surface area contributed by atoms with Crippen molar-refractivity contribution in [1.82, 2.24) is 4.90 Å². The summed E-state index contributed by atoms with van der Waals surface area (Å²) >= 11 is 0. The van der Waals surface area contributed by atoms with E-state index < -0.39 is 11.2 Å². The minimum Gasteiger partial charge on any atom is -0.455 e. The van der Waals surface area contributed by atoms with Gasteiger partial charge in [0.1, 0.15) is 11.7 Å². The van der Waals surface area contributed by atoms with E-state index in [1.807, 2.05) is 44.3 Å². The van der Waals surface area contributed by atoms with Crippen molar-refractivity contribution in [1.29, 1.82) is 0 Å². The quantitative estimate of drug-likeness (QED) is 0.593. The maximum absolute atomic E-state index is 13.2. The van der Waals surface area contributed by atoms with Crippen molar-refractivity contribution in [2.45, 2.75) is 69.4 Å². The highest BCUT2D eigenvalue weighted by Crippen LogP contribution is 2.66. The second-order valence-corrected chi connectivity index (χ2v) is 10.8. The molecule has 5 rings (SSSR count). The minimum atomic E-state index is -0.969. The van der Waals surface area contributed by atoms with E-state index in [9.17, 15) is 9.90 Å². The fourth-order valence-electron chi connectivity index (χ4n) is 7.08. The third-order valence-corrected chi connectivity index (χ3v) is 8.57. The van der Waals surface area contributed by atoms with Gasteiger partial charge >= 0.3 is 5.97 Å². The zero-order valence-electron chi connectivity index (χ0n) is 18.6. The van der Waals surface area contributed by atoms with E-state index in [-0.39, 0.29) is 29.5 Å². The standard InChI is InChI=1S/C25H35NO4/c1-16-10-11-20-18(14-26(4)15-23(2,28)17-8-6-5-7-9-17)21(27)29-25(20)19(16)12-13-24(3)22(25)30-24/h5-9,16,18-20,22,28H,10-15H2,1-4H3/t16-,18+,19-,20+,22+,23+,24-,25-/m0/s1. The summed E-state index contributed by atoms with van der Waals surface area (Å²) in [5.74, 6) is 0.970. The van der Waals surface area contributed by atoms with Crippen LogP contribution >= 0.6 is 0 Å². The highest BCUT2D eigenvalue weighted by molar-refractivity contribution is 5.77. The molecule has 4 aliphatic rings. The third kappa shape index (κ3) is 2.96. The predicted octanol–water partition coefficient (Wildman–Crippen LogP) is 3.35. The molecular weight excluding hydrogens is 378 g/mol. The number of fused-ring (bicyclic) bond motifs is 1. The van der Waals surface area contributed by atoms with Crippen molar-refractivity contribution in [3.05, 3.63) is 35.9 Å². The Bertz CT molecular complexity index is 826. The number of hydrogen-bond donors (Lipinski definition) is 1. The summed E-state index contributed by atoms with van der Waals surface area (Å²) in [4.78, 5) is 15.3. The Kier molecular flexibility index (Phi) is 4.63. The van der Waals surface area contributed by atoms with Crippen LogP contribution in [0.3, 0.4) is 0 Å². The van der Waals surface area contributed by atoms with Crippen LogP contribution < -0.4 is 0 Å². The molecule has 1 N–H and O–H groups in total.